The molecule has 2 aromatic rings. The van der Waals surface area contributed by atoms with Gasteiger partial charge in [-0.25, -0.2) is 0 Å². The van der Waals surface area contributed by atoms with Crippen LogP contribution in [-0.2, 0) is 4.79 Å². The van der Waals surface area contributed by atoms with Crippen molar-refractivity contribution in [2.24, 2.45) is 0 Å². The highest BCUT2D eigenvalue weighted by atomic mass is 35.5. The molecule has 0 saturated carbocycles. The monoisotopic (exact) mass is 375 g/mol. The Balaban J connectivity index is 1.72. The van der Waals surface area contributed by atoms with Gasteiger partial charge in [0.2, 0.25) is 0 Å². The second kappa shape index (κ2) is 8.23. The molecule has 1 saturated heterocycles. The number of hydrogen-bond acceptors (Lipinski definition) is 3. The summed E-state index contributed by atoms with van der Waals surface area (Å²) >= 11 is 6.11. The van der Waals surface area contributed by atoms with Gasteiger partial charge in [-0.05, 0) is 58.0 Å². The van der Waals surface area contributed by atoms with Gasteiger partial charge < -0.3 is 14.8 Å². The number of benzene rings is 1. The molecule has 1 fully saturated rings. The lowest BCUT2D eigenvalue weighted by atomic mass is 10.1. The predicted molar refractivity (Wildman–Crippen MR) is 105 cm³/mol. The number of aromatic nitrogens is 1. The standard InChI is InChI=1S/C20H26ClN3O2/c1-14(2)24-13-17(16-12-15(21)6-7-18(16)24)19(25)20(26)22-8-11-23-9-4-3-5-10-23/h6-7,12-14H,3-5,8-11H2,1-2H3,(H,22,26). The fourth-order valence-electron chi connectivity index (χ4n) is 3.55. The molecule has 3 rings (SSSR count). The van der Waals surface area contributed by atoms with Crippen LogP contribution >= 0.6 is 11.6 Å². The number of carbonyl (C=O) groups excluding carboxylic acids is 2. The number of fused-ring (bicyclic) bond motifs is 1. The first kappa shape index (κ1) is 18.9. The fraction of sp³-hybridized carbons (Fsp3) is 0.500. The van der Waals surface area contributed by atoms with Crippen LogP contribution in [0.4, 0.5) is 0 Å². The summed E-state index contributed by atoms with van der Waals surface area (Å²) in [5.41, 5.74) is 1.32. The summed E-state index contributed by atoms with van der Waals surface area (Å²) in [5.74, 6) is -1.06. The Morgan fingerprint density at radius 3 is 2.62 bits per heavy atom. The van der Waals surface area contributed by atoms with Crippen LogP contribution in [0.2, 0.25) is 5.02 Å². The van der Waals surface area contributed by atoms with Gasteiger partial charge in [0.05, 0.1) is 5.56 Å². The maximum Gasteiger partial charge on any atom is 0.292 e. The van der Waals surface area contributed by atoms with Crippen LogP contribution in [-0.4, -0.2) is 47.3 Å². The van der Waals surface area contributed by atoms with Gasteiger partial charge in [-0.3, -0.25) is 9.59 Å². The van der Waals surface area contributed by atoms with Gasteiger partial charge in [-0.2, -0.15) is 0 Å². The van der Waals surface area contributed by atoms with Gasteiger partial charge in [0, 0.05) is 41.3 Å². The molecule has 1 aliphatic heterocycles. The van der Waals surface area contributed by atoms with Crippen molar-refractivity contribution in [3.8, 4) is 0 Å². The van der Waals surface area contributed by atoms with E-state index in [9.17, 15) is 9.59 Å². The summed E-state index contributed by atoms with van der Waals surface area (Å²) in [4.78, 5) is 27.4. The third kappa shape index (κ3) is 4.10. The maximum absolute atomic E-state index is 12.7. The van der Waals surface area contributed by atoms with E-state index in [2.05, 4.69) is 10.2 Å². The van der Waals surface area contributed by atoms with Crippen LogP contribution in [0.15, 0.2) is 24.4 Å². The minimum Gasteiger partial charge on any atom is -0.348 e. The smallest absolute Gasteiger partial charge is 0.292 e. The summed E-state index contributed by atoms with van der Waals surface area (Å²) in [6.07, 6.45) is 5.46. The molecule has 1 aromatic heterocycles. The minimum absolute atomic E-state index is 0.183. The van der Waals surface area contributed by atoms with E-state index < -0.39 is 11.7 Å². The zero-order chi connectivity index (χ0) is 18.7. The van der Waals surface area contributed by atoms with Gasteiger partial charge in [0.15, 0.2) is 0 Å². The zero-order valence-electron chi connectivity index (χ0n) is 15.4. The topological polar surface area (TPSA) is 54.3 Å². The molecule has 1 aromatic carbocycles. The summed E-state index contributed by atoms with van der Waals surface area (Å²) in [5, 5.41) is 4.05. The van der Waals surface area contributed by atoms with Gasteiger partial charge in [-0.15, -0.1) is 0 Å². The lowest BCUT2D eigenvalue weighted by Gasteiger charge is -2.26. The van der Waals surface area contributed by atoms with E-state index in [4.69, 9.17) is 11.6 Å². The van der Waals surface area contributed by atoms with Gasteiger partial charge in [0.25, 0.3) is 11.7 Å². The summed E-state index contributed by atoms with van der Waals surface area (Å²) < 4.78 is 2.00. The molecule has 26 heavy (non-hydrogen) atoms. The lowest BCUT2D eigenvalue weighted by molar-refractivity contribution is -0.117. The average molecular weight is 376 g/mol. The normalized spacial score (nSPS) is 15.5. The fourth-order valence-corrected chi connectivity index (χ4v) is 3.72. The third-order valence-electron chi connectivity index (χ3n) is 4.96. The van der Waals surface area contributed by atoms with Crippen molar-refractivity contribution in [2.45, 2.75) is 39.2 Å². The van der Waals surface area contributed by atoms with E-state index >= 15 is 0 Å². The number of amides is 1. The number of likely N-dealkylation sites (tertiary alicyclic amines) is 1. The van der Waals surface area contributed by atoms with E-state index in [0.717, 1.165) is 30.5 Å². The van der Waals surface area contributed by atoms with Crippen LogP contribution in [0.25, 0.3) is 10.9 Å². The molecule has 0 radical (unpaired) electrons. The molecule has 1 aliphatic rings. The Bertz CT molecular complexity index is 807. The Morgan fingerprint density at radius 2 is 1.92 bits per heavy atom. The summed E-state index contributed by atoms with van der Waals surface area (Å²) in [7, 11) is 0. The van der Waals surface area contributed by atoms with Crippen LogP contribution in [0, 0.1) is 0 Å². The van der Waals surface area contributed by atoms with E-state index in [1.807, 2.05) is 24.5 Å². The highest BCUT2D eigenvalue weighted by Crippen LogP contribution is 2.28. The Morgan fingerprint density at radius 1 is 1.19 bits per heavy atom. The molecule has 5 nitrogen and oxygen atoms in total. The second-order valence-electron chi connectivity index (χ2n) is 7.19. The lowest BCUT2D eigenvalue weighted by Crippen LogP contribution is -2.39. The van der Waals surface area contributed by atoms with Crippen LogP contribution in [0.1, 0.15) is 49.5 Å². The van der Waals surface area contributed by atoms with E-state index in [1.54, 1.807) is 18.3 Å². The number of rotatable bonds is 6. The van der Waals surface area contributed by atoms with Crippen molar-refractivity contribution in [1.29, 1.82) is 0 Å². The van der Waals surface area contributed by atoms with Gasteiger partial charge >= 0.3 is 0 Å². The number of ketones is 1. The third-order valence-corrected chi connectivity index (χ3v) is 5.20. The highest BCUT2D eigenvalue weighted by Gasteiger charge is 2.22. The number of halogens is 1. The molecule has 0 bridgehead atoms. The van der Waals surface area contributed by atoms with Crippen molar-refractivity contribution < 1.29 is 9.59 Å². The van der Waals surface area contributed by atoms with Crippen LogP contribution in [0.5, 0.6) is 0 Å². The zero-order valence-corrected chi connectivity index (χ0v) is 16.2. The first-order valence-electron chi connectivity index (χ1n) is 9.32. The Labute approximate surface area is 159 Å². The molecule has 2 heterocycles. The molecule has 6 heteroatoms. The molecule has 0 aliphatic carbocycles. The summed E-state index contributed by atoms with van der Waals surface area (Å²) in [6, 6.07) is 5.63. The van der Waals surface area contributed by atoms with E-state index in [1.165, 1.54) is 19.3 Å². The number of carbonyl (C=O) groups is 2. The molecule has 1 N–H and O–H groups in total. The number of nitrogens with zero attached hydrogens (tertiary/aromatic N) is 2. The number of piperidine rings is 1. The largest absolute Gasteiger partial charge is 0.348 e. The molecular weight excluding hydrogens is 350 g/mol. The van der Waals surface area contributed by atoms with Crippen molar-refractivity contribution in [3.63, 3.8) is 0 Å². The van der Waals surface area contributed by atoms with E-state index in [-0.39, 0.29) is 6.04 Å². The molecule has 1 amide bonds. The number of Topliss-reactive ketones (excluding diaryl/α,β-unsaturated/α-hetero) is 1. The average Bonchev–Trinajstić information content (AvgIpc) is 3.00. The first-order valence-corrected chi connectivity index (χ1v) is 9.70. The van der Waals surface area contributed by atoms with Crippen molar-refractivity contribution in [2.75, 3.05) is 26.2 Å². The minimum atomic E-state index is -0.551. The molecule has 0 spiro atoms. The van der Waals surface area contributed by atoms with Crippen molar-refractivity contribution in [3.05, 3.63) is 35.0 Å². The molecule has 0 unspecified atom stereocenters. The molecule has 0 atom stereocenters. The summed E-state index contributed by atoms with van der Waals surface area (Å²) in [6.45, 7) is 7.52. The molecular formula is C20H26ClN3O2. The quantitative estimate of drug-likeness (QED) is 0.619. The first-order chi connectivity index (χ1) is 12.5. The predicted octanol–water partition coefficient (Wildman–Crippen LogP) is 3.66. The number of hydrogen-bond donors (Lipinski definition) is 1. The van der Waals surface area contributed by atoms with Gasteiger partial charge in [0.1, 0.15) is 0 Å². The van der Waals surface area contributed by atoms with Crippen LogP contribution < -0.4 is 5.32 Å². The van der Waals surface area contributed by atoms with Crippen molar-refractivity contribution >= 4 is 34.2 Å². The number of nitrogens with one attached hydrogen (secondary N) is 1. The molecule has 140 valence electrons. The Kier molecular flexibility index (Phi) is 5.99. The highest BCUT2D eigenvalue weighted by molar-refractivity contribution is 6.45. The maximum atomic E-state index is 12.7. The van der Waals surface area contributed by atoms with Crippen molar-refractivity contribution in [1.82, 2.24) is 14.8 Å². The Hall–Kier alpha value is -1.85. The van der Waals surface area contributed by atoms with E-state index in [0.29, 0.717) is 17.1 Å². The SMILES string of the molecule is CC(C)n1cc(C(=O)C(=O)NCCN2CCCCC2)c2cc(Cl)ccc21. The second-order valence-corrected chi connectivity index (χ2v) is 7.63. The van der Waals surface area contributed by atoms with Crippen LogP contribution in [0.3, 0.4) is 0 Å². The van der Waals surface area contributed by atoms with Gasteiger partial charge in [-0.1, -0.05) is 18.0 Å².